The Hall–Kier alpha value is -1.11. The maximum Gasteiger partial charge on any atom is 0.253 e. The molecule has 1 heterocycles. The van der Waals surface area contributed by atoms with Gasteiger partial charge in [0, 0.05) is 18.7 Å². The fraction of sp³-hybridized carbons (Fsp3) is 0.417. The van der Waals surface area contributed by atoms with E-state index in [1.807, 2.05) is 0 Å². The van der Waals surface area contributed by atoms with Gasteiger partial charge in [-0.2, -0.15) is 0 Å². The quantitative estimate of drug-likeness (QED) is 0.898. The predicted molar refractivity (Wildman–Crippen MR) is 72.5 cm³/mol. The van der Waals surface area contributed by atoms with Gasteiger partial charge in [-0.25, -0.2) is 13.6 Å². The molecule has 0 aromatic heterocycles. The molecule has 19 heavy (non-hydrogen) atoms. The Balaban J connectivity index is 2.34. The molecule has 1 amide bonds. The number of halogens is 1. The van der Waals surface area contributed by atoms with Crippen molar-refractivity contribution in [3.63, 3.8) is 0 Å². The molecule has 5 nitrogen and oxygen atoms in total. The molecule has 1 atom stereocenters. The highest BCUT2D eigenvalue weighted by molar-refractivity contribution is 7.89. The number of nitrogens with zero attached hydrogens (tertiary/aromatic N) is 1. The first-order valence-corrected chi connectivity index (χ1v) is 7.83. The SMILES string of the molecule is CC1CCN(C(=O)c2ccc(Cl)c(S(N)(=O)=O)c2)C1. The van der Waals surface area contributed by atoms with Crippen LogP contribution in [-0.4, -0.2) is 32.3 Å². The summed E-state index contributed by atoms with van der Waals surface area (Å²) in [7, 11) is -3.93. The van der Waals surface area contributed by atoms with Crippen LogP contribution in [0.5, 0.6) is 0 Å². The van der Waals surface area contributed by atoms with Crippen LogP contribution in [0.25, 0.3) is 0 Å². The Morgan fingerprint density at radius 1 is 1.47 bits per heavy atom. The summed E-state index contributed by atoms with van der Waals surface area (Å²) in [6, 6.07) is 4.14. The lowest BCUT2D eigenvalue weighted by Gasteiger charge is -2.16. The normalized spacial score (nSPS) is 19.7. The van der Waals surface area contributed by atoms with Crippen LogP contribution in [0.4, 0.5) is 0 Å². The minimum atomic E-state index is -3.93. The highest BCUT2D eigenvalue weighted by Crippen LogP contribution is 2.24. The van der Waals surface area contributed by atoms with Crippen LogP contribution in [0.15, 0.2) is 23.1 Å². The molecular weight excluding hydrogens is 288 g/mol. The number of hydrogen-bond donors (Lipinski definition) is 1. The Morgan fingerprint density at radius 2 is 2.16 bits per heavy atom. The standard InChI is InChI=1S/C12H15ClN2O3S/c1-8-4-5-15(7-8)12(16)9-2-3-10(13)11(6-9)19(14,17)18/h2-3,6,8H,4-5,7H2,1H3,(H2,14,17,18). The zero-order valence-corrected chi connectivity index (χ0v) is 12.0. The summed E-state index contributed by atoms with van der Waals surface area (Å²) in [5, 5.41) is 5.09. The van der Waals surface area contributed by atoms with Crippen molar-refractivity contribution in [2.45, 2.75) is 18.2 Å². The summed E-state index contributed by atoms with van der Waals surface area (Å²) in [5.41, 5.74) is 0.294. The summed E-state index contributed by atoms with van der Waals surface area (Å²) in [5.74, 6) is 0.278. The van der Waals surface area contributed by atoms with E-state index in [0.29, 0.717) is 24.6 Å². The topological polar surface area (TPSA) is 80.5 Å². The zero-order valence-electron chi connectivity index (χ0n) is 10.5. The van der Waals surface area contributed by atoms with E-state index in [-0.39, 0.29) is 15.8 Å². The van der Waals surface area contributed by atoms with E-state index in [1.165, 1.54) is 18.2 Å². The zero-order chi connectivity index (χ0) is 14.2. The van der Waals surface area contributed by atoms with Crippen molar-refractivity contribution in [2.75, 3.05) is 13.1 Å². The predicted octanol–water partition coefficient (Wildman–Crippen LogP) is 1.47. The van der Waals surface area contributed by atoms with E-state index in [1.54, 1.807) is 4.90 Å². The van der Waals surface area contributed by atoms with Gasteiger partial charge < -0.3 is 4.90 Å². The van der Waals surface area contributed by atoms with E-state index in [0.717, 1.165) is 6.42 Å². The van der Waals surface area contributed by atoms with Gasteiger partial charge >= 0.3 is 0 Å². The van der Waals surface area contributed by atoms with Crippen molar-refractivity contribution in [3.8, 4) is 0 Å². The smallest absolute Gasteiger partial charge is 0.253 e. The van der Waals surface area contributed by atoms with Crippen molar-refractivity contribution in [3.05, 3.63) is 28.8 Å². The number of sulfonamides is 1. The second-order valence-corrected chi connectivity index (χ2v) is 6.77. The van der Waals surface area contributed by atoms with E-state index < -0.39 is 10.0 Å². The Bertz CT molecular complexity index is 615. The van der Waals surface area contributed by atoms with Crippen LogP contribution in [-0.2, 0) is 10.0 Å². The Kier molecular flexibility index (Phi) is 3.85. The minimum absolute atomic E-state index is 0.0221. The summed E-state index contributed by atoms with van der Waals surface area (Å²) in [6.45, 7) is 3.45. The van der Waals surface area contributed by atoms with Crippen molar-refractivity contribution in [1.29, 1.82) is 0 Å². The molecule has 104 valence electrons. The molecule has 2 rings (SSSR count). The van der Waals surface area contributed by atoms with Gasteiger partial charge in [-0.3, -0.25) is 4.79 Å². The molecular formula is C12H15ClN2O3S. The molecule has 0 bridgehead atoms. The van der Waals surface area contributed by atoms with Gasteiger partial charge in [0.15, 0.2) is 0 Å². The fourth-order valence-corrected chi connectivity index (χ4v) is 3.23. The molecule has 1 aliphatic heterocycles. The highest BCUT2D eigenvalue weighted by Gasteiger charge is 2.25. The van der Waals surface area contributed by atoms with E-state index in [4.69, 9.17) is 16.7 Å². The third-order valence-corrected chi connectivity index (χ3v) is 4.59. The first-order valence-electron chi connectivity index (χ1n) is 5.90. The van der Waals surface area contributed by atoms with Crippen LogP contribution < -0.4 is 5.14 Å². The van der Waals surface area contributed by atoms with Gasteiger partial charge in [-0.05, 0) is 30.5 Å². The molecule has 2 N–H and O–H groups in total. The molecule has 0 saturated carbocycles. The Morgan fingerprint density at radius 3 is 2.68 bits per heavy atom. The van der Waals surface area contributed by atoms with Gasteiger partial charge in [0.1, 0.15) is 4.90 Å². The average molecular weight is 303 g/mol. The Labute approximate surface area is 117 Å². The maximum atomic E-state index is 12.2. The number of nitrogens with two attached hydrogens (primary N) is 1. The largest absolute Gasteiger partial charge is 0.338 e. The highest BCUT2D eigenvalue weighted by atomic mass is 35.5. The molecule has 1 saturated heterocycles. The molecule has 1 aromatic carbocycles. The number of primary sulfonamides is 1. The molecule has 1 aliphatic rings. The van der Waals surface area contributed by atoms with Gasteiger partial charge in [-0.15, -0.1) is 0 Å². The van der Waals surface area contributed by atoms with Crippen LogP contribution in [0.1, 0.15) is 23.7 Å². The lowest BCUT2D eigenvalue weighted by Crippen LogP contribution is -2.28. The minimum Gasteiger partial charge on any atom is -0.338 e. The van der Waals surface area contributed by atoms with Gasteiger partial charge in [0.2, 0.25) is 10.0 Å². The molecule has 1 unspecified atom stereocenters. The number of likely N-dealkylation sites (tertiary alicyclic amines) is 1. The lowest BCUT2D eigenvalue weighted by molar-refractivity contribution is 0.0788. The number of hydrogen-bond acceptors (Lipinski definition) is 3. The van der Waals surface area contributed by atoms with Crippen molar-refractivity contribution >= 4 is 27.5 Å². The molecule has 1 fully saturated rings. The van der Waals surface area contributed by atoms with Crippen molar-refractivity contribution < 1.29 is 13.2 Å². The number of benzene rings is 1. The first-order chi connectivity index (χ1) is 8.79. The van der Waals surface area contributed by atoms with Gasteiger partial charge in [-0.1, -0.05) is 18.5 Å². The monoisotopic (exact) mass is 302 g/mol. The lowest BCUT2D eigenvalue weighted by atomic mass is 10.2. The molecule has 0 radical (unpaired) electrons. The number of rotatable bonds is 2. The molecule has 0 spiro atoms. The van der Waals surface area contributed by atoms with Crippen LogP contribution in [0.2, 0.25) is 5.02 Å². The molecule has 1 aromatic rings. The van der Waals surface area contributed by atoms with E-state index in [2.05, 4.69) is 6.92 Å². The number of carbonyl (C=O) groups excluding carboxylic acids is 1. The van der Waals surface area contributed by atoms with Crippen molar-refractivity contribution in [1.82, 2.24) is 4.90 Å². The van der Waals surface area contributed by atoms with Crippen LogP contribution in [0.3, 0.4) is 0 Å². The molecule has 7 heteroatoms. The maximum absolute atomic E-state index is 12.2. The summed E-state index contributed by atoms with van der Waals surface area (Å²) in [6.07, 6.45) is 0.960. The van der Waals surface area contributed by atoms with E-state index >= 15 is 0 Å². The summed E-state index contributed by atoms with van der Waals surface area (Å²) in [4.78, 5) is 13.7. The van der Waals surface area contributed by atoms with Crippen LogP contribution in [0, 0.1) is 5.92 Å². The fourth-order valence-electron chi connectivity index (χ4n) is 2.16. The van der Waals surface area contributed by atoms with Gasteiger partial charge in [0.25, 0.3) is 5.91 Å². The van der Waals surface area contributed by atoms with E-state index in [9.17, 15) is 13.2 Å². The average Bonchev–Trinajstić information content (AvgIpc) is 2.74. The second kappa shape index (κ2) is 5.11. The molecule has 0 aliphatic carbocycles. The third-order valence-electron chi connectivity index (χ3n) is 3.20. The third kappa shape index (κ3) is 3.08. The summed E-state index contributed by atoms with van der Waals surface area (Å²) >= 11 is 5.78. The summed E-state index contributed by atoms with van der Waals surface area (Å²) < 4.78 is 22.7. The number of amides is 1. The second-order valence-electron chi connectivity index (χ2n) is 4.84. The first kappa shape index (κ1) is 14.3. The van der Waals surface area contributed by atoms with Crippen molar-refractivity contribution in [2.24, 2.45) is 11.1 Å². The van der Waals surface area contributed by atoms with Gasteiger partial charge in [0.05, 0.1) is 5.02 Å². The number of carbonyl (C=O) groups is 1. The van der Waals surface area contributed by atoms with Crippen LogP contribution >= 0.6 is 11.6 Å².